The van der Waals surface area contributed by atoms with E-state index in [0.717, 1.165) is 44.2 Å². The summed E-state index contributed by atoms with van der Waals surface area (Å²) in [4.78, 5) is 28.8. The number of piperazine rings is 1. The Bertz CT molecular complexity index is 923. The molecule has 0 unspecified atom stereocenters. The van der Waals surface area contributed by atoms with E-state index in [1.165, 1.54) is 0 Å². The summed E-state index contributed by atoms with van der Waals surface area (Å²) in [6, 6.07) is 6.51. The molecule has 1 fully saturated rings. The molecule has 4 rings (SSSR count). The SMILES string of the molecule is Cc1cc(CN2CCN(CCC(=O)NC(=O)Nc3ccc4c(c3)OCCO4)CC2)no1. The third-order valence-electron chi connectivity index (χ3n) is 5.24. The molecule has 0 atom stereocenters. The van der Waals surface area contributed by atoms with Crippen molar-refractivity contribution in [1.29, 1.82) is 0 Å². The van der Waals surface area contributed by atoms with E-state index in [0.29, 0.717) is 36.9 Å². The predicted octanol–water partition coefficient (Wildman–Crippen LogP) is 1.61. The second kappa shape index (κ2) is 9.80. The van der Waals surface area contributed by atoms with Crippen LogP contribution < -0.4 is 20.1 Å². The van der Waals surface area contributed by atoms with Crippen LogP contribution in [0, 0.1) is 6.92 Å². The van der Waals surface area contributed by atoms with Gasteiger partial charge in [0.25, 0.3) is 0 Å². The fraction of sp³-hybridized carbons (Fsp3) is 0.476. The van der Waals surface area contributed by atoms with Gasteiger partial charge >= 0.3 is 6.03 Å². The minimum atomic E-state index is -0.561. The smallest absolute Gasteiger partial charge is 0.325 e. The van der Waals surface area contributed by atoms with E-state index in [1.807, 2.05) is 13.0 Å². The number of aryl methyl sites for hydroxylation is 1. The van der Waals surface area contributed by atoms with Crippen LogP contribution in [0.3, 0.4) is 0 Å². The standard InChI is InChI=1S/C21H27N5O5/c1-15-12-17(24-31-15)14-26-8-6-25(7-9-26)5-4-20(27)23-21(28)22-16-2-3-18-19(13-16)30-11-10-29-18/h2-3,12-13H,4-11,14H2,1H3,(H2,22,23,27,28). The first-order chi connectivity index (χ1) is 15.0. The van der Waals surface area contributed by atoms with Gasteiger partial charge in [0.1, 0.15) is 19.0 Å². The van der Waals surface area contributed by atoms with E-state index in [1.54, 1.807) is 18.2 Å². The highest BCUT2D eigenvalue weighted by molar-refractivity contribution is 6.01. The zero-order valence-corrected chi connectivity index (χ0v) is 17.6. The molecule has 1 saturated heterocycles. The van der Waals surface area contributed by atoms with Crippen LogP contribution in [-0.2, 0) is 11.3 Å². The molecule has 0 radical (unpaired) electrons. The molecule has 1 aromatic carbocycles. The average Bonchev–Trinajstić information content (AvgIpc) is 3.17. The number of benzene rings is 1. The lowest BCUT2D eigenvalue weighted by molar-refractivity contribution is -0.120. The first kappa shape index (κ1) is 21.1. The third-order valence-corrected chi connectivity index (χ3v) is 5.24. The molecule has 2 aromatic rings. The van der Waals surface area contributed by atoms with Crippen LogP contribution in [0.4, 0.5) is 10.5 Å². The molecule has 3 heterocycles. The molecule has 10 nitrogen and oxygen atoms in total. The van der Waals surface area contributed by atoms with E-state index in [4.69, 9.17) is 14.0 Å². The van der Waals surface area contributed by atoms with Crippen LogP contribution in [-0.4, -0.2) is 72.8 Å². The summed E-state index contributed by atoms with van der Waals surface area (Å²) in [7, 11) is 0. The van der Waals surface area contributed by atoms with Crippen LogP contribution in [0.2, 0.25) is 0 Å². The lowest BCUT2D eigenvalue weighted by Crippen LogP contribution is -2.47. The van der Waals surface area contributed by atoms with Gasteiger partial charge in [-0.2, -0.15) is 0 Å². The first-order valence-corrected chi connectivity index (χ1v) is 10.4. The molecule has 2 aliphatic rings. The van der Waals surface area contributed by atoms with Crippen molar-refractivity contribution in [2.45, 2.75) is 19.9 Å². The summed E-state index contributed by atoms with van der Waals surface area (Å²) in [5.41, 5.74) is 1.47. The van der Waals surface area contributed by atoms with Crippen molar-refractivity contribution in [3.63, 3.8) is 0 Å². The summed E-state index contributed by atoms with van der Waals surface area (Å²) in [6.07, 6.45) is 0.261. The van der Waals surface area contributed by atoms with Gasteiger partial charge in [-0.3, -0.25) is 15.0 Å². The summed E-state index contributed by atoms with van der Waals surface area (Å²) >= 11 is 0. The van der Waals surface area contributed by atoms with Gasteiger partial charge in [-0.15, -0.1) is 0 Å². The topological polar surface area (TPSA) is 109 Å². The normalized spacial score (nSPS) is 16.7. The van der Waals surface area contributed by atoms with Crippen molar-refractivity contribution in [3.8, 4) is 11.5 Å². The Kier molecular flexibility index (Phi) is 6.68. The number of carbonyl (C=O) groups is 2. The van der Waals surface area contributed by atoms with Gasteiger partial charge in [0.2, 0.25) is 5.91 Å². The number of anilines is 1. The number of nitrogens with one attached hydrogen (secondary N) is 2. The molecular weight excluding hydrogens is 402 g/mol. The molecule has 2 N–H and O–H groups in total. The van der Waals surface area contributed by atoms with Gasteiger partial charge < -0.3 is 24.2 Å². The maximum atomic E-state index is 12.2. The van der Waals surface area contributed by atoms with Gasteiger partial charge in [-0.05, 0) is 19.1 Å². The van der Waals surface area contributed by atoms with Crippen LogP contribution >= 0.6 is 0 Å². The number of hydrogen-bond acceptors (Lipinski definition) is 8. The minimum absolute atomic E-state index is 0.261. The lowest BCUT2D eigenvalue weighted by atomic mass is 10.2. The van der Waals surface area contributed by atoms with E-state index in [2.05, 4.69) is 25.6 Å². The van der Waals surface area contributed by atoms with Crippen molar-refractivity contribution in [2.24, 2.45) is 0 Å². The third kappa shape index (κ3) is 5.96. The zero-order valence-electron chi connectivity index (χ0n) is 17.6. The van der Waals surface area contributed by atoms with Crippen molar-refractivity contribution in [2.75, 3.05) is 51.3 Å². The molecule has 31 heavy (non-hydrogen) atoms. The Morgan fingerprint density at radius 1 is 1.03 bits per heavy atom. The molecule has 2 aliphatic heterocycles. The maximum Gasteiger partial charge on any atom is 0.325 e. The predicted molar refractivity (Wildman–Crippen MR) is 112 cm³/mol. The van der Waals surface area contributed by atoms with E-state index in [9.17, 15) is 9.59 Å². The number of aromatic nitrogens is 1. The molecular formula is C21H27N5O5. The highest BCUT2D eigenvalue weighted by Crippen LogP contribution is 2.32. The summed E-state index contributed by atoms with van der Waals surface area (Å²) in [6.45, 7) is 7.78. The van der Waals surface area contributed by atoms with Crippen LogP contribution in [0.1, 0.15) is 17.9 Å². The molecule has 0 saturated carbocycles. The Labute approximate surface area is 180 Å². The highest BCUT2D eigenvalue weighted by atomic mass is 16.6. The largest absolute Gasteiger partial charge is 0.486 e. The van der Waals surface area contributed by atoms with Crippen LogP contribution in [0.15, 0.2) is 28.8 Å². The average molecular weight is 429 g/mol. The van der Waals surface area contributed by atoms with Gasteiger partial charge in [0.05, 0.1) is 5.69 Å². The van der Waals surface area contributed by atoms with Gasteiger partial charge in [0.15, 0.2) is 11.5 Å². The number of rotatable bonds is 6. The van der Waals surface area contributed by atoms with E-state index >= 15 is 0 Å². The lowest BCUT2D eigenvalue weighted by Gasteiger charge is -2.34. The fourth-order valence-corrected chi connectivity index (χ4v) is 3.62. The van der Waals surface area contributed by atoms with Crippen molar-refractivity contribution < 1.29 is 23.6 Å². The number of carbonyl (C=O) groups excluding carboxylic acids is 2. The molecule has 166 valence electrons. The van der Waals surface area contributed by atoms with Gasteiger partial charge in [0, 0.05) is 63.5 Å². The second-order valence-electron chi connectivity index (χ2n) is 7.66. The molecule has 1 aromatic heterocycles. The van der Waals surface area contributed by atoms with E-state index < -0.39 is 6.03 Å². The van der Waals surface area contributed by atoms with Gasteiger partial charge in [-0.25, -0.2) is 4.79 Å². The van der Waals surface area contributed by atoms with Crippen LogP contribution in [0.25, 0.3) is 0 Å². The number of hydrogen-bond donors (Lipinski definition) is 2. The van der Waals surface area contributed by atoms with Crippen molar-refractivity contribution in [3.05, 3.63) is 35.7 Å². The van der Waals surface area contributed by atoms with Crippen LogP contribution in [0.5, 0.6) is 11.5 Å². The Morgan fingerprint density at radius 2 is 1.77 bits per heavy atom. The molecule has 10 heteroatoms. The van der Waals surface area contributed by atoms with Crippen molar-refractivity contribution in [1.82, 2.24) is 20.3 Å². The molecule has 3 amide bonds. The number of urea groups is 1. The number of ether oxygens (including phenoxy) is 2. The molecule has 0 aliphatic carbocycles. The summed E-state index contributed by atoms with van der Waals surface area (Å²) in [5.74, 6) is 1.73. The monoisotopic (exact) mass is 429 g/mol. The molecule has 0 spiro atoms. The quantitative estimate of drug-likeness (QED) is 0.713. The Hall–Kier alpha value is -3.11. The highest BCUT2D eigenvalue weighted by Gasteiger charge is 2.19. The number of amides is 3. The first-order valence-electron chi connectivity index (χ1n) is 10.4. The second-order valence-corrected chi connectivity index (χ2v) is 7.66. The zero-order chi connectivity index (χ0) is 21.6. The number of imide groups is 1. The summed E-state index contributed by atoms with van der Waals surface area (Å²) in [5, 5.41) is 9.06. The maximum absolute atomic E-state index is 12.2. The fourth-order valence-electron chi connectivity index (χ4n) is 3.62. The minimum Gasteiger partial charge on any atom is -0.486 e. The van der Waals surface area contributed by atoms with E-state index in [-0.39, 0.29) is 12.3 Å². The summed E-state index contributed by atoms with van der Waals surface area (Å²) < 4.78 is 16.1. The Balaban J connectivity index is 1.15. The Morgan fingerprint density at radius 3 is 2.52 bits per heavy atom. The van der Waals surface area contributed by atoms with Gasteiger partial charge in [-0.1, -0.05) is 5.16 Å². The molecule has 0 bridgehead atoms. The number of nitrogens with zero attached hydrogens (tertiary/aromatic N) is 3. The van der Waals surface area contributed by atoms with Crippen molar-refractivity contribution >= 4 is 17.6 Å². The number of fused-ring (bicyclic) bond motifs is 1.